The summed E-state index contributed by atoms with van der Waals surface area (Å²) in [4.78, 5) is 48.1. The Bertz CT molecular complexity index is 2200. The summed E-state index contributed by atoms with van der Waals surface area (Å²) in [6, 6.07) is 29.5. The molecule has 5 rings (SSSR count). The molecule has 0 fully saturated rings. The Kier molecular flexibility index (Phi) is 15.7. The van der Waals surface area contributed by atoms with Crippen LogP contribution in [0, 0.1) is 0 Å². The molecule has 5 aromatic rings. The monoisotopic (exact) mass is 793 g/mol. The van der Waals surface area contributed by atoms with E-state index in [1.807, 2.05) is 12.1 Å². The molecule has 0 radical (unpaired) electrons. The van der Waals surface area contributed by atoms with Gasteiger partial charge in [-0.25, -0.2) is 13.9 Å². The summed E-state index contributed by atoms with van der Waals surface area (Å²) in [5.74, 6) is -1.68. The number of pyridine rings is 1. The summed E-state index contributed by atoms with van der Waals surface area (Å²) < 4.78 is 29.1. The molecule has 0 bridgehead atoms. The van der Waals surface area contributed by atoms with Gasteiger partial charge < -0.3 is 15.7 Å². The van der Waals surface area contributed by atoms with Gasteiger partial charge in [0.1, 0.15) is 0 Å². The highest BCUT2D eigenvalue weighted by Crippen LogP contribution is 2.23. The van der Waals surface area contributed by atoms with Crippen molar-refractivity contribution in [2.45, 2.75) is 56.6 Å². The maximum atomic E-state index is 13.3. The van der Waals surface area contributed by atoms with Crippen LogP contribution in [-0.2, 0) is 32.9 Å². The highest BCUT2D eigenvalue weighted by atomic mass is 32.2. The van der Waals surface area contributed by atoms with Crippen molar-refractivity contribution in [1.29, 1.82) is 0 Å². The van der Waals surface area contributed by atoms with Crippen molar-refractivity contribution in [2.24, 2.45) is 0 Å². The number of hydroxylamine groups is 1. The van der Waals surface area contributed by atoms with Crippen LogP contribution in [0.2, 0.25) is 0 Å². The highest BCUT2D eigenvalue weighted by molar-refractivity contribution is 7.92. The SMILES string of the molecule is CC(C(=O)Nc1cccc(S(=O)(=O)Nc2ccc(NNC(=O)c3ccccc3CO)cc2)c1)c1cccc(C(=O)NCCCCCCNOCc2cccnc2)c1. The molecule has 3 amide bonds. The summed E-state index contributed by atoms with van der Waals surface area (Å²) in [5, 5.41) is 15.2. The molecule has 1 atom stereocenters. The zero-order valence-corrected chi connectivity index (χ0v) is 32.3. The van der Waals surface area contributed by atoms with Gasteiger partial charge in [-0.05, 0) is 103 Å². The molecule has 0 saturated carbocycles. The summed E-state index contributed by atoms with van der Waals surface area (Å²) in [7, 11) is -4.04. The van der Waals surface area contributed by atoms with E-state index in [2.05, 4.69) is 36.7 Å². The second-order valence-electron chi connectivity index (χ2n) is 13.2. The normalized spacial score (nSPS) is 11.6. The zero-order valence-electron chi connectivity index (χ0n) is 31.5. The Morgan fingerprint density at radius 2 is 1.53 bits per heavy atom. The number of aliphatic hydroxyl groups is 1. The van der Waals surface area contributed by atoms with Crippen molar-refractivity contribution in [1.82, 2.24) is 21.2 Å². The van der Waals surface area contributed by atoms with E-state index in [-0.39, 0.29) is 34.7 Å². The van der Waals surface area contributed by atoms with Gasteiger partial charge in [0.25, 0.3) is 21.8 Å². The minimum absolute atomic E-state index is 0.0638. The highest BCUT2D eigenvalue weighted by Gasteiger charge is 2.20. The molecular weight excluding hydrogens is 747 g/mol. The van der Waals surface area contributed by atoms with Crippen LogP contribution < -0.4 is 31.7 Å². The van der Waals surface area contributed by atoms with Crippen molar-refractivity contribution < 1.29 is 32.7 Å². The molecule has 15 heteroatoms. The average molecular weight is 794 g/mol. The minimum Gasteiger partial charge on any atom is -0.392 e. The minimum atomic E-state index is -4.04. The molecule has 1 heterocycles. The molecule has 57 heavy (non-hydrogen) atoms. The number of anilines is 3. The number of aliphatic hydroxyl groups excluding tert-OH is 1. The Morgan fingerprint density at radius 3 is 2.30 bits per heavy atom. The van der Waals surface area contributed by atoms with Gasteiger partial charge in [0.05, 0.1) is 29.7 Å². The quantitative estimate of drug-likeness (QED) is 0.0348. The smallest absolute Gasteiger partial charge is 0.269 e. The number of nitrogens with zero attached hydrogens (tertiary/aromatic N) is 1. The third-order valence-corrected chi connectivity index (χ3v) is 10.3. The summed E-state index contributed by atoms with van der Waals surface area (Å²) in [5.41, 5.74) is 12.2. The standard InChI is InChI=1S/C42H47N7O7S/c1-30(32-13-8-14-33(25-32)41(52)44-23-6-2-3-7-24-45-56-29-31-11-10-22-43-27-31)40(51)46-37-15-9-16-38(26-37)57(54,55)49-36-20-18-35(19-21-36)47-48-42(53)39-17-5-4-12-34(39)28-50/h4-5,8-22,25-27,30,45,47,49-50H,2-3,6-7,23-24,28-29H2,1H3,(H,44,52)(H,46,51)(H,48,53). The van der Waals surface area contributed by atoms with E-state index in [9.17, 15) is 27.9 Å². The number of hydrazine groups is 1. The van der Waals surface area contributed by atoms with Crippen LogP contribution in [0.4, 0.5) is 17.1 Å². The molecule has 1 aromatic heterocycles. The van der Waals surface area contributed by atoms with Gasteiger partial charge >= 0.3 is 0 Å². The van der Waals surface area contributed by atoms with Crippen LogP contribution in [0.3, 0.4) is 0 Å². The first-order chi connectivity index (χ1) is 27.6. The number of rotatable bonds is 21. The second-order valence-corrected chi connectivity index (χ2v) is 14.8. The summed E-state index contributed by atoms with van der Waals surface area (Å²) >= 11 is 0. The fraction of sp³-hybridized carbons (Fsp3) is 0.238. The molecule has 14 nitrogen and oxygen atoms in total. The van der Waals surface area contributed by atoms with Crippen molar-refractivity contribution >= 4 is 44.8 Å². The van der Waals surface area contributed by atoms with E-state index in [0.717, 1.165) is 37.8 Å². The molecule has 0 saturated heterocycles. The topological polar surface area (TPSA) is 200 Å². The van der Waals surface area contributed by atoms with Crippen LogP contribution in [-0.4, -0.2) is 49.3 Å². The van der Waals surface area contributed by atoms with E-state index >= 15 is 0 Å². The van der Waals surface area contributed by atoms with Crippen molar-refractivity contribution in [2.75, 3.05) is 28.6 Å². The van der Waals surface area contributed by atoms with E-state index in [1.165, 1.54) is 30.3 Å². The molecule has 7 N–H and O–H groups in total. The molecule has 298 valence electrons. The molecule has 0 spiro atoms. The van der Waals surface area contributed by atoms with Crippen molar-refractivity contribution in [3.05, 3.63) is 149 Å². The first kappa shape index (κ1) is 42.0. The molecule has 1 unspecified atom stereocenters. The fourth-order valence-corrected chi connectivity index (χ4v) is 6.78. The second kappa shape index (κ2) is 21.2. The predicted octanol–water partition coefficient (Wildman–Crippen LogP) is 5.89. The largest absolute Gasteiger partial charge is 0.392 e. The van der Waals surface area contributed by atoms with Gasteiger partial charge in [-0.1, -0.05) is 55.3 Å². The van der Waals surface area contributed by atoms with Crippen LogP contribution in [0.15, 0.2) is 126 Å². The summed E-state index contributed by atoms with van der Waals surface area (Å²) in [6.45, 7) is 3.15. The van der Waals surface area contributed by atoms with Crippen LogP contribution >= 0.6 is 0 Å². The fourth-order valence-electron chi connectivity index (χ4n) is 5.67. The van der Waals surface area contributed by atoms with Gasteiger partial charge in [-0.3, -0.25) is 39.8 Å². The van der Waals surface area contributed by atoms with E-state index in [0.29, 0.717) is 41.1 Å². The van der Waals surface area contributed by atoms with Gasteiger partial charge in [0.2, 0.25) is 5.91 Å². The first-order valence-electron chi connectivity index (χ1n) is 18.5. The molecule has 4 aromatic carbocycles. The maximum Gasteiger partial charge on any atom is 0.269 e. The van der Waals surface area contributed by atoms with Gasteiger partial charge in [0, 0.05) is 48.0 Å². The number of benzene rings is 4. The number of carbonyl (C=O) groups excluding carboxylic acids is 3. The van der Waals surface area contributed by atoms with Gasteiger partial charge in [-0.2, -0.15) is 0 Å². The van der Waals surface area contributed by atoms with E-state index < -0.39 is 21.8 Å². The average Bonchev–Trinajstić information content (AvgIpc) is 3.24. The number of aromatic nitrogens is 1. The first-order valence-corrected chi connectivity index (χ1v) is 20.0. The van der Waals surface area contributed by atoms with Crippen molar-refractivity contribution in [3.8, 4) is 0 Å². The zero-order chi connectivity index (χ0) is 40.5. The van der Waals surface area contributed by atoms with E-state index in [4.69, 9.17) is 4.84 Å². The number of sulfonamides is 1. The Balaban J connectivity index is 1.04. The maximum absolute atomic E-state index is 13.3. The van der Waals surface area contributed by atoms with Gasteiger partial charge in [-0.15, -0.1) is 0 Å². The lowest BCUT2D eigenvalue weighted by molar-refractivity contribution is -0.117. The Labute approximate surface area is 332 Å². The third kappa shape index (κ3) is 13.0. The summed E-state index contributed by atoms with van der Waals surface area (Å²) in [6.07, 6.45) is 7.21. The lowest BCUT2D eigenvalue weighted by Gasteiger charge is -2.15. The number of hydrogen-bond acceptors (Lipinski definition) is 10. The number of amides is 3. The van der Waals surface area contributed by atoms with Crippen molar-refractivity contribution in [3.63, 3.8) is 0 Å². The Hall–Kier alpha value is -6.13. The molecule has 0 aliphatic rings. The lowest BCUT2D eigenvalue weighted by Crippen LogP contribution is -2.30. The predicted molar refractivity (Wildman–Crippen MR) is 218 cm³/mol. The molecule has 0 aliphatic carbocycles. The lowest BCUT2D eigenvalue weighted by atomic mass is 9.98. The number of unbranched alkanes of at least 4 members (excludes halogenated alkanes) is 3. The molecular formula is C42H47N7O7S. The van der Waals surface area contributed by atoms with Crippen LogP contribution in [0.5, 0.6) is 0 Å². The molecule has 0 aliphatic heterocycles. The van der Waals surface area contributed by atoms with Crippen LogP contribution in [0.25, 0.3) is 0 Å². The number of nitrogens with one attached hydrogen (secondary N) is 6. The third-order valence-electron chi connectivity index (χ3n) is 8.90. The Morgan fingerprint density at radius 1 is 0.772 bits per heavy atom. The van der Waals surface area contributed by atoms with Crippen LogP contribution in [0.1, 0.15) is 75.9 Å². The number of hydrogen-bond donors (Lipinski definition) is 7. The van der Waals surface area contributed by atoms with Gasteiger partial charge in [0.15, 0.2) is 0 Å². The van der Waals surface area contributed by atoms with E-state index in [1.54, 1.807) is 86.0 Å². The number of carbonyl (C=O) groups is 3.